The smallest absolute Gasteiger partial charge is 0.276 e. The normalized spacial score (nSPS) is 24.7. The molecule has 1 atom stereocenters. The topological polar surface area (TPSA) is 93.6 Å². The van der Waals surface area contributed by atoms with Crippen molar-refractivity contribution in [1.29, 1.82) is 0 Å². The van der Waals surface area contributed by atoms with Crippen LogP contribution >= 0.6 is 0 Å². The molecule has 25 heavy (non-hydrogen) atoms. The van der Waals surface area contributed by atoms with Gasteiger partial charge in [-0.25, -0.2) is 0 Å². The van der Waals surface area contributed by atoms with Gasteiger partial charge in [0.05, 0.1) is 31.8 Å². The molecule has 0 aliphatic carbocycles. The van der Waals surface area contributed by atoms with Gasteiger partial charge in [-0.2, -0.15) is 5.10 Å². The molecule has 1 unspecified atom stereocenters. The summed E-state index contributed by atoms with van der Waals surface area (Å²) in [5, 5.41) is 18.5. The van der Waals surface area contributed by atoms with Crippen molar-refractivity contribution in [2.45, 2.75) is 44.4 Å². The van der Waals surface area contributed by atoms with E-state index in [0.29, 0.717) is 50.5 Å². The number of nitrogens with zero attached hydrogens (tertiary/aromatic N) is 4. The van der Waals surface area contributed by atoms with Crippen LogP contribution in [0.4, 0.5) is 0 Å². The van der Waals surface area contributed by atoms with E-state index in [1.54, 1.807) is 22.7 Å². The van der Waals surface area contributed by atoms with Gasteiger partial charge >= 0.3 is 0 Å². The Balaban J connectivity index is 1.47. The molecule has 0 radical (unpaired) electrons. The molecule has 2 aromatic heterocycles. The SMILES string of the molecule is CCC1(O)COC2(CN(C(=O)c3noc(C)c3Cn3cccn3)C2)C1. The van der Waals surface area contributed by atoms with Crippen LogP contribution in [0.1, 0.15) is 41.6 Å². The van der Waals surface area contributed by atoms with E-state index in [1.807, 2.05) is 19.2 Å². The molecule has 134 valence electrons. The predicted molar refractivity (Wildman–Crippen MR) is 87.0 cm³/mol. The lowest BCUT2D eigenvalue weighted by atomic mass is 9.83. The molecule has 2 fully saturated rings. The molecule has 8 heteroatoms. The molecule has 2 aliphatic rings. The first-order chi connectivity index (χ1) is 11.9. The van der Waals surface area contributed by atoms with Crippen LogP contribution in [0.2, 0.25) is 0 Å². The molecule has 4 rings (SSSR count). The van der Waals surface area contributed by atoms with Crippen LogP contribution < -0.4 is 0 Å². The molecule has 0 saturated carbocycles. The van der Waals surface area contributed by atoms with E-state index in [0.717, 1.165) is 5.56 Å². The first-order valence-corrected chi connectivity index (χ1v) is 8.52. The van der Waals surface area contributed by atoms with Crippen molar-refractivity contribution in [2.75, 3.05) is 19.7 Å². The summed E-state index contributed by atoms with van der Waals surface area (Å²) in [6.45, 7) is 5.46. The zero-order valence-electron chi connectivity index (χ0n) is 14.4. The molecule has 8 nitrogen and oxygen atoms in total. The lowest BCUT2D eigenvalue weighted by Crippen LogP contribution is -2.63. The van der Waals surface area contributed by atoms with Gasteiger partial charge in [-0.05, 0) is 19.4 Å². The Morgan fingerprint density at radius 1 is 1.44 bits per heavy atom. The fourth-order valence-electron chi connectivity index (χ4n) is 3.66. The number of aromatic nitrogens is 3. The quantitative estimate of drug-likeness (QED) is 0.887. The summed E-state index contributed by atoms with van der Waals surface area (Å²) in [6, 6.07) is 1.83. The summed E-state index contributed by atoms with van der Waals surface area (Å²) in [5.41, 5.74) is -0.120. The van der Waals surface area contributed by atoms with Crippen molar-refractivity contribution >= 4 is 5.91 Å². The number of carbonyl (C=O) groups excluding carboxylic acids is 1. The number of ether oxygens (including phenoxy) is 1. The van der Waals surface area contributed by atoms with Crippen LogP contribution in [-0.4, -0.2) is 61.7 Å². The molecular formula is C17H22N4O4. The highest BCUT2D eigenvalue weighted by molar-refractivity contribution is 5.94. The predicted octanol–water partition coefficient (Wildman–Crippen LogP) is 0.984. The molecule has 2 aliphatic heterocycles. The van der Waals surface area contributed by atoms with E-state index in [4.69, 9.17) is 9.26 Å². The van der Waals surface area contributed by atoms with Crippen molar-refractivity contribution < 1.29 is 19.2 Å². The van der Waals surface area contributed by atoms with Gasteiger partial charge in [-0.1, -0.05) is 12.1 Å². The van der Waals surface area contributed by atoms with Crippen LogP contribution in [0.25, 0.3) is 0 Å². The summed E-state index contributed by atoms with van der Waals surface area (Å²) in [5.74, 6) is 0.451. The zero-order chi connectivity index (χ0) is 17.7. The van der Waals surface area contributed by atoms with Gasteiger partial charge in [0.1, 0.15) is 11.4 Å². The van der Waals surface area contributed by atoms with E-state index >= 15 is 0 Å². The lowest BCUT2D eigenvalue weighted by Gasteiger charge is -2.47. The molecule has 2 aromatic rings. The van der Waals surface area contributed by atoms with Gasteiger partial charge in [0, 0.05) is 24.4 Å². The summed E-state index contributed by atoms with van der Waals surface area (Å²) in [7, 11) is 0. The molecule has 0 bridgehead atoms. The van der Waals surface area contributed by atoms with Crippen LogP contribution in [0.15, 0.2) is 23.0 Å². The Hall–Kier alpha value is -2.19. The van der Waals surface area contributed by atoms with Crippen LogP contribution in [0, 0.1) is 6.92 Å². The van der Waals surface area contributed by atoms with E-state index < -0.39 is 11.2 Å². The first-order valence-electron chi connectivity index (χ1n) is 8.52. The standard InChI is InChI=1S/C17H22N4O4/c1-3-16(23)8-17(24-11-16)9-20(10-17)15(22)14-13(12(2)25-19-14)7-21-6-4-5-18-21/h4-6,23H,3,7-11H2,1-2H3. The lowest BCUT2D eigenvalue weighted by molar-refractivity contribution is -0.0958. The molecule has 1 amide bonds. The third kappa shape index (κ3) is 2.75. The zero-order valence-corrected chi connectivity index (χ0v) is 14.4. The second kappa shape index (κ2) is 5.67. The minimum absolute atomic E-state index is 0.167. The second-order valence-corrected chi connectivity index (χ2v) is 7.16. The van der Waals surface area contributed by atoms with Crippen molar-refractivity contribution in [3.8, 4) is 0 Å². The maximum absolute atomic E-state index is 12.8. The molecule has 1 spiro atoms. The Morgan fingerprint density at radius 2 is 2.24 bits per heavy atom. The van der Waals surface area contributed by atoms with Crippen molar-refractivity contribution in [2.24, 2.45) is 0 Å². The van der Waals surface area contributed by atoms with Crippen molar-refractivity contribution in [1.82, 2.24) is 19.8 Å². The second-order valence-electron chi connectivity index (χ2n) is 7.16. The van der Waals surface area contributed by atoms with Gasteiger partial charge in [-0.15, -0.1) is 0 Å². The third-order valence-corrected chi connectivity index (χ3v) is 5.27. The molecular weight excluding hydrogens is 324 g/mol. The minimum Gasteiger partial charge on any atom is -0.387 e. The average molecular weight is 346 g/mol. The maximum Gasteiger partial charge on any atom is 0.276 e. The Bertz CT molecular complexity index is 779. The molecule has 0 aromatic carbocycles. The number of aryl methyl sites for hydroxylation is 1. The largest absolute Gasteiger partial charge is 0.387 e. The Morgan fingerprint density at radius 3 is 2.88 bits per heavy atom. The number of amides is 1. The number of carbonyl (C=O) groups is 1. The van der Waals surface area contributed by atoms with Gasteiger partial charge < -0.3 is 19.3 Å². The third-order valence-electron chi connectivity index (χ3n) is 5.27. The average Bonchev–Trinajstić information content (AvgIpc) is 3.27. The van der Waals surface area contributed by atoms with E-state index in [1.165, 1.54) is 0 Å². The van der Waals surface area contributed by atoms with E-state index in [-0.39, 0.29) is 5.91 Å². The number of rotatable bonds is 4. The van der Waals surface area contributed by atoms with Crippen molar-refractivity contribution in [3.05, 3.63) is 35.5 Å². The molecule has 1 N–H and O–H groups in total. The highest BCUT2D eigenvalue weighted by Crippen LogP contribution is 2.41. The number of hydrogen-bond donors (Lipinski definition) is 1. The van der Waals surface area contributed by atoms with Crippen LogP contribution in [0.5, 0.6) is 0 Å². The summed E-state index contributed by atoms with van der Waals surface area (Å²) < 4.78 is 12.8. The monoisotopic (exact) mass is 346 g/mol. The minimum atomic E-state index is -0.773. The van der Waals surface area contributed by atoms with Gasteiger partial charge in [0.15, 0.2) is 5.69 Å². The molecule has 2 saturated heterocycles. The molecule has 4 heterocycles. The summed E-state index contributed by atoms with van der Waals surface area (Å²) in [4.78, 5) is 14.5. The van der Waals surface area contributed by atoms with Gasteiger partial charge in [0.25, 0.3) is 5.91 Å². The van der Waals surface area contributed by atoms with Gasteiger partial charge in [-0.3, -0.25) is 9.48 Å². The fourth-order valence-corrected chi connectivity index (χ4v) is 3.66. The summed E-state index contributed by atoms with van der Waals surface area (Å²) in [6.07, 6.45) is 4.74. The Labute approximate surface area is 145 Å². The Kier molecular flexibility index (Phi) is 3.69. The highest BCUT2D eigenvalue weighted by Gasteiger charge is 2.56. The van der Waals surface area contributed by atoms with E-state index in [9.17, 15) is 9.90 Å². The summed E-state index contributed by atoms with van der Waals surface area (Å²) >= 11 is 0. The van der Waals surface area contributed by atoms with Gasteiger partial charge in [0.2, 0.25) is 0 Å². The number of aliphatic hydroxyl groups is 1. The van der Waals surface area contributed by atoms with Crippen LogP contribution in [0.3, 0.4) is 0 Å². The number of likely N-dealkylation sites (tertiary alicyclic amines) is 1. The maximum atomic E-state index is 12.8. The van der Waals surface area contributed by atoms with E-state index in [2.05, 4.69) is 10.3 Å². The fraction of sp³-hybridized carbons (Fsp3) is 0.588. The highest BCUT2D eigenvalue weighted by atomic mass is 16.5. The number of hydrogen-bond acceptors (Lipinski definition) is 6. The van der Waals surface area contributed by atoms with Crippen molar-refractivity contribution in [3.63, 3.8) is 0 Å². The first kappa shape index (κ1) is 16.3. The van der Waals surface area contributed by atoms with Crippen LogP contribution in [-0.2, 0) is 11.3 Å².